The van der Waals surface area contributed by atoms with Crippen molar-refractivity contribution in [1.82, 2.24) is 9.55 Å². The molecule has 0 radical (unpaired) electrons. The monoisotopic (exact) mass is 405 g/mol. The van der Waals surface area contributed by atoms with E-state index in [2.05, 4.69) is 4.57 Å². The Bertz CT molecular complexity index is 1060. The van der Waals surface area contributed by atoms with Crippen molar-refractivity contribution in [2.45, 2.75) is 33.2 Å². The van der Waals surface area contributed by atoms with E-state index in [1.807, 2.05) is 68.4 Å². The fourth-order valence-electron chi connectivity index (χ4n) is 4.33. The Labute approximate surface area is 176 Å². The summed E-state index contributed by atoms with van der Waals surface area (Å²) in [6.45, 7) is 6.52. The highest BCUT2D eigenvalue weighted by Crippen LogP contribution is 2.41. The average molecular weight is 405 g/mol. The number of benzene rings is 2. The largest absolute Gasteiger partial charge is 0.465 e. The van der Waals surface area contributed by atoms with E-state index in [1.165, 1.54) is 0 Å². The highest BCUT2D eigenvalue weighted by molar-refractivity contribution is 6.08. The van der Waals surface area contributed by atoms with Gasteiger partial charge in [0, 0.05) is 6.54 Å². The van der Waals surface area contributed by atoms with Gasteiger partial charge in [0.2, 0.25) is 11.9 Å². The van der Waals surface area contributed by atoms with Crippen molar-refractivity contribution in [3.63, 3.8) is 0 Å². The molecule has 0 saturated carbocycles. The second kappa shape index (κ2) is 8.30. The summed E-state index contributed by atoms with van der Waals surface area (Å²) in [5.41, 5.74) is 2.88. The number of anilines is 1. The number of nitrogens with zero attached hydrogens (tertiary/aromatic N) is 3. The van der Waals surface area contributed by atoms with Crippen LogP contribution in [-0.2, 0) is 20.7 Å². The molecule has 0 saturated heterocycles. The summed E-state index contributed by atoms with van der Waals surface area (Å²) in [6.07, 6.45) is 0.678. The van der Waals surface area contributed by atoms with Gasteiger partial charge in [-0.2, -0.15) is 0 Å². The summed E-state index contributed by atoms with van der Waals surface area (Å²) in [6, 6.07) is 17.5. The third-order valence-electron chi connectivity index (χ3n) is 5.68. The van der Waals surface area contributed by atoms with Crippen LogP contribution in [0.15, 0.2) is 54.6 Å². The molecule has 1 aliphatic heterocycles. The van der Waals surface area contributed by atoms with Crippen LogP contribution in [0, 0.1) is 11.8 Å². The normalized spacial score (nSPS) is 18.7. The fraction of sp³-hybridized carbons (Fsp3) is 0.375. The number of hydrogen-bond donors (Lipinski definition) is 0. The van der Waals surface area contributed by atoms with Gasteiger partial charge in [-0.05, 0) is 37.0 Å². The second-order valence-electron chi connectivity index (χ2n) is 7.96. The Morgan fingerprint density at radius 1 is 1.10 bits per heavy atom. The fourth-order valence-corrected chi connectivity index (χ4v) is 4.33. The zero-order chi connectivity index (χ0) is 21.3. The van der Waals surface area contributed by atoms with Crippen LogP contribution in [0.5, 0.6) is 0 Å². The lowest BCUT2D eigenvalue weighted by Gasteiger charge is -2.39. The Hall–Kier alpha value is -3.15. The smallest absolute Gasteiger partial charge is 0.320 e. The highest BCUT2D eigenvalue weighted by atomic mass is 16.5. The Morgan fingerprint density at radius 2 is 1.80 bits per heavy atom. The van der Waals surface area contributed by atoms with Crippen molar-refractivity contribution >= 4 is 28.9 Å². The third-order valence-corrected chi connectivity index (χ3v) is 5.68. The number of carbonyl (C=O) groups excluding carboxylic acids is 2. The molecule has 4 rings (SSSR count). The summed E-state index contributed by atoms with van der Waals surface area (Å²) in [5.74, 6) is -0.918. The van der Waals surface area contributed by atoms with E-state index < -0.39 is 11.9 Å². The molecule has 0 bridgehead atoms. The van der Waals surface area contributed by atoms with Crippen LogP contribution >= 0.6 is 0 Å². The van der Waals surface area contributed by atoms with Gasteiger partial charge in [-0.15, -0.1) is 0 Å². The van der Waals surface area contributed by atoms with Gasteiger partial charge < -0.3 is 9.30 Å². The van der Waals surface area contributed by atoms with Gasteiger partial charge in [0.05, 0.1) is 23.7 Å². The first-order chi connectivity index (χ1) is 14.5. The standard InChI is InChI=1S/C24H27N3O3/c1-4-30-23(29)20-21(16(2)3)27-19-13-9-8-12-18(19)25-24(27)26(22(20)28)15-14-17-10-6-5-7-11-17/h5-13,16,20-21H,4,14-15H2,1-3H3/t20-,21+/m0/s1. The van der Waals surface area contributed by atoms with Crippen molar-refractivity contribution in [1.29, 1.82) is 0 Å². The highest BCUT2D eigenvalue weighted by Gasteiger charge is 2.48. The minimum atomic E-state index is -0.883. The molecule has 0 N–H and O–H groups in total. The van der Waals surface area contributed by atoms with Crippen LogP contribution in [0.3, 0.4) is 0 Å². The third kappa shape index (κ3) is 3.47. The number of amides is 1. The Kier molecular flexibility index (Phi) is 5.57. The maximum absolute atomic E-state index is 13.6. The molecule has 0 fully saturated rings. The van der Waals surface area contributed by atoms with E-state index in [0.29, 0.717) is 18.9 Å². The van der Waals surface area contributed by atoms with Crippen molar-refractivity contribution in [3.05, 3.63) is 60.2 Å². The molecule has 30 heavy (non-hydrogen) atoms. The SMILES string of the molecule is CCOC(=O)[C@@H]1C(=O)N(CCc2ccccc2)c2nc3ccccc3n2[C@@H]1C(C)C. The molecule has 2 heterocycles. The topological polar surface area (TPSA) is 64.4 Å². The number of esters is 1. The quantitative estimate of drug-likeness (QED) is 0.459. The van der Waals surface area contributed by atoms with E-state index >= 15 is 0 Å². The lowest BCUT2D eigenvalue weighted by Crippen LogP contribution is -2.51. The molecular formula is C24H27N3O3. The van der Waals surface area contributed by atoms with Gasteiger partial charge in [-0.25, -0.2) is 4.98 Å². The number of imidazole rings is 1. The number of carbonyl (C=O) groups is 2. The average Bonchev–Trinajstić information content (AvgIpc) is 3.12. The Balaban J connectivity index is 1.82. The molecule has 0 spiro atoms. The van der Waals surface area contributed by atoms with Crippen LogP contribution in [0.2, 0.25) is 0 Å². The molecule has 0 aliphatic carbocycles. The van der Waals surface area contributed by atoms with Crippen molar-refractivity contribution in [2.75, 3.05) is 18.1 Å². The molecule has 156 valence electrons. The molecule has 6 nitrogen and oxygen atoms in total. The molecule has 1 amide bonds. The van der Waals surface area contributed by atoms with Gasteiger partial charge in [-0.3, -0.25) is 14.5 Å². The lowest BCUT2D eigenvalue weighted by molar-refractivity contribution is -0.154. The molecule has 0 unspecified atom stereocenters. The van der Waals surface area contributed by atoms with E-state index in [4.69, 9.17) is 9.72 Å². The Morgan fingerprint density at radius 3 is 2.50 bits per heavy atom. The van der Waals surface area contributed by atoms with Gasteiger partial charge in [-0.1, -0.05) is 56.3 Å². The number of aromatic nitrogens is 2. The van der Waals surface area contributed by atoms with E-state index in [-0.39, 0.29) is 24.5 Å². The van der Waals surface area contributed by atoms with E-state index in [0.717, 1.165) is 16.6 Å². The first-order valence-electron chi connectivity index (χ1n) is 10.5. The van der Waals surface area contributed by atoms with Crippen LogP contribution in [0.4, 0.5) is 5.95 Å². The maximum atomic E-state index is 13.6. The number of fused-ring (bicyclic) bond motifs is 3. The lowest BCUT2D eigenvalue weighted by atomic mass is 9.87. The summed E-state index contributed by atoms with van der Waals surface area (Å²) in [5, 5.41) is 0. The van der Waals surface area contributed by atoms with Crippen molar-refractivity contribution in [2.24, 2.45) is 11.8 Å². The van der Waals surface area contributed by atoms with Gasteiger partial charge in [0.15, 0.2) is 5.92 Å². The molecule has 2 atom stereocenters. The van der Waals surface area contributed by atoms with E-state index in [9.17, 15) is 9.59 Å². The number of hydrogen-bond acceptors (Lipinski definition) is 4. The summed E-state index contributed by atoms with van der Waals surface area (Å²) >= 11 is 0. The molecular weight excluding hydrogens is 378 g/mol. The molecule has 6 heteroatoms. The predicted octanol–water partition coefficient (Wildman–Crippen LogP) is 4.00. The predicted molar refractivity (Wildman–Crippen MR) is 116 cm³/mol. The van der Waals surface area contributed by atoms with Crippen LogP contribution in [0.1, 0.15) is 32.4 Å². The molecule has 3 aromatic rings. The second-order valence-corrected chi connectivity index (χ2v) is 7.96. The minimum Gasteiger partial charge on any atom is -0.465 e. The summed E-state index contributed by atoms with van der Waals surface area (Å²) < 4.78 is 7.39. The molecule has 1 aromatic heterocycles. The van der Waals surface area contributed by atoms with Gasteiger partial charge >= 0.3 is 5.97 Å². The molecule has 2 aromatic carbocycles. The first-order valence-corrected chi connectivity index (χ1v) is 10.5. The van der Waals surface area contributed by atoms with E-state index in [1.54, 1.807) is 11.8 Å². The zero-order valence-electron chi connectivity index (χ0n) is 17.6. The molecule has 1 aliphatic rings. The minimum absolute atomic E-state index is 0.0518. The van der Waals surface area contributed by atoms with Gasteiger partial charge in [0.1, 0.15) is 0 Å². The zero-order valence-corrected chi connectivity index (χ0v) is 17.6. The van der Waals surface area contributed by atoms with Gasteiger partial charge in [0.25, 0.3) is 0 Å². The summed E-state index contributed by atoms with van der Waals surface area (Å²) in [7, 11) is 0. The van der Waals surface area contributed by atoms with Crippen LogP contribution in [-0.4, -0.2) is 34.6 Å². The van der Waals surface area contributed by atoms with Crippen LogP contribution in [0.25, 0.3) is 11.0 Å². The van der Waals surface area contributed by atoms with Crippen molar-refractivity contribution in [3.8, 4) is 0 Å². The maximum Gasteiger partial charge on any atom is 0.320 e. The number of ether oxygens (including phenoxy) is 1. The van der Waals surface area contributed by atoms with Crippen molar-refractivity contribution < 1.29 is 14.3 Å². The first kappa shape index (κ1) is 20.1. The number of para-hydroxylation sites is 2. The summed E-state index contributed by atoms with van der Waals surface area (Å²) in [4.78, 5) is 32.9. The number of rotatable bonds is 6. The van der Waals surface area contributed by atoms with Crippen LogP contribution < -0.4 is 4.90 Å².